The van der Waals surface area contributed by atoms with Crippen LogP contribution in [-0.4, -0.2) is 0 Å². The third-order valence-electron chi connectivity index (χ3n) is 1.77. The Kier molecular flexibility index (Phi) is 3.83. The predicted octanol–water partition coefficient (Wildman–Crippen LogP) is 3.42. The molecule has 1 radical (unpaired) electrons. The summed E-state index contributed by atoms with van der Waals surface area (Å²) in [7, 11) is 0. The van der Waals surface area contributed by atoms with Gasteiger partial charge in [-0.05, 0) is 12.0 Å². The van der Waals surface area contributed by atoms with E-state index in [-0.39, 0.29) is 0 Å². The van der Waals surface area contributed by atoms with Crippen LogP contribution in [0, 0.1) is 0 Å². The van der Waals surface area contributed by atoms with Crippen LogP contribution in [-0.2, 0) is 5.11 Å². The number of allylic oxidation sites excluding steroid dienone is 3. The molecule has 0 aliphatic heterocycles. The zero-order valence-electron chi connectivity index (χ0n) is 7.73. The van der Waals surface area contributed by atoms with E-state index < -0.39 is 0 Å². The van der Waals surface area contributed by atoms with Crippen molar-refractivity contribution in [2.75, 3.05) is 0 Å². The highest BCUT2D eigenvalue weighted by Crippen LogP contribution is 2.14. The van der Waals surface area contributed by atoms with Crippen LogP contribution in [0.1, 0.15) is 18.9 Å². The van der Waals surface area contributed by atoms with Crippen molar-refractivity contribution in [2.24, 2.45) is 0 Å². The number of rotatable bonds is 3. The molecule has 13 heavy (non-hydrogen) atoms. The van der Waals surface area contributed by atoms with E-state index in [0.717, 1.165) is 23.8 Å². The fraction of sp³-hybridized carbons (Fsp3) is 0.167. The lowest BCUT2D eigenvalue weighted by molar-refractivity contribution is 0.354. The highest BCUT2D eigenvalue weighted by atomic mass is 16.2. The molecule has 0 unspecified atom stereocenters. The Hall–Kier alpha value is -1.50. The largest absolute Gasteiger partial charge is 0.298 e. The van der Waals surface area contributed by atoms with Gasteiger partial charge in [0, 0.05) is 5.57 Å². The summed E-state index contributed by atoms with van der Waals surface area (Å²) >= 11 is 0. The molecule has 0 heterocycles. The third kappa shape index (κ3) is 2.79. The molecule has 0 aliphatic carbocycles. The van der Waals surface area contributed by atoms with Crippen molar-refractivity contribution >= 4 is 5.57 Å². The molecule has 1 aromatic rings. The van der Waals surface area contributed by atoms with E-state index in [1.807, 2.05) is 49.4 Å². The molecule has 0 aliphatic rings. The van der Waals surface area contributed by atoms with Gasteiger partial charge >= 0.3 is 0 Å². The maximum absolute atomic E-state index is 10.7. The van der Waals surface area contributed by atoms with Crippen LogP contribution in [0.2, 0.25) is 0 Å². The highest BCUT2D eigenvalue weighted by Gasteiger charge is 1.95. The molecule has 0 bridgehead atoms. The molecule has 0 spiro atoms. The van der Waals surface area contributed by atoms with Gasteiger partial charge in [-0.1, -0.05) is 49.4 Å². The molecule has 1 aromatic carbocycles. The van der Waals surface area contributed by atoms with E-state index in [9.17, 15) is 5.11 Å². The van der Waals surface area contributed by atoms with Gasteiger partial charge in [0.25, 0.3) is 0 Å². The Morgan fingerprint density at radius 1 is 1.31 bits per heavy atom. The Morgan fingerprint density at radius 2 is 2.00 bits per heavy atom. The summed E-state index contributed by atoms with van der Waals surface area (Å²) in [4.78, 5) is 0. The lowest BCUT2D eigenvalue weighted by atomic mass is 10.1. The normalized spacial score (nSPS) is 12.2. The summed E-state index contributed by atoms with van der Waals surface area (Å²) in [5.74, 6) is 0. The summed E-state index contributed by atoms with van der Waals surface area (Å²) in [6.07, 6.45) is 5.69. The number of benzene rings is 1. The van der Waals surface area contributed by atoms with E-state index >= 15 is 0 Å². The maximum Gasteiger partial charge on any atom is 0.150 e. The maximum atomic E-state index is 10.7. The van der Waals surface area contributed by atoms with E-state index in [2.05, 4.69) is 0 Å². The minimum absolute atomic E-state index is 0.738. The van der Waals surface area contributed by atoms with E-state index in [1.165, 1.54) is 0 Å². The Bertz CT molecular complexity index is 296. The molecule has 1 rings (SSSR count). The van der Waals surface area contributed by atoms with Gasteiger partial charge in [-0.3, -0.25) is 5.11 Å². The van der Waals surface area contributed by atoms with Gasteiger partial charge in [-0.15, -0.1) is 0 Å². The second-order valence-corrected chi connectivity index (χ2v) is 2.75. The average molecular weight is 173 g/mol. The molecule has 0 atom stereocenters. The van der Waals surface area contributed by atoms with Gasteiger partial charge < -0.3 is 0 Å². The SMILES string of the molecule is CC/C=C/C(=C/[O])c1ccccc1. The van der Waals surface area contributed by atoms with E-state index in [4.69, 9.17) is 0 Å². The van der Waals surface area contributed by atoms with Crippen molar-refractivity contribution in [2.45, 2.75) is 13.3 Å². The van der Waals surface area contributed by atoms with Gasteiger partial charge in [0.1, 0.15) is 0 Å². The van der Waals surface area contributed by atoms with E-state index in [0.29, 0.717) is 0 Å². The lowest BCUT2D eigenvalue weighted by Gasteiger charge is -1.98. The van der Waals surface area contributed by atoms with Crippen LogP contribution in [0.25, 0.3) is 5.57 Å². The molecule has 0 N–H and O–H groups in total. The second-order valence-electron chi connectivity index (χ2n) is 2.75. The van der Waals surface area contributed by atoms with Crippen molar-refractivity contribution in [3.63, 3.8) is 0 Å². The summed E-state index contributed by atoms with van der Waals surface area (Å²) in [5, 5.41) is 10.7. The lowest BCUT2D eigenvalue weighted by Crippen LogP contribution is -1.78. The van der Waals surface area contributed by atoms with Crippen LogP contribution in [0.5, 0.6) is 0 Å². The molecule has 0 saturated carbocycles. The van der Waals surface area contributed by atoms with Gasteiger partial charge in [0.15, 0.2) is 6.26 Å². The van der Waals surface area contributed by atoms with E-state index in [1.54, 1.807) is 0 Å². The molecule has 0 fully saturated rings. The molecular formula is C12H13O. The molecule has 0 amide bonds. The quantitative estimate of drug-likeness (QED) is 0.493. The van der Waals surface area contributed by atoms with Gasteiger partial charge in [0.2, 0.25) is 0 Å². The third-order valence-corrected chi connectivity index (χ3v) is 1.77. The van der Waals surface area contributed by atoms with Crippen molar-refractivity contribution in [1.82, 2.24) is 0 Å². The van der Waals surface area contributed by atoms with Gasteiger partial charge in [0.05, 0.1) is 0 Å². The Balaban J connectivity index is 2.87. The smallest absolute Gasteiger partial charge is 0.150 e. The Labute approximate surface area is 79.0 Å². The summed E-state index contributed by atoms with van der Waals surface area (Å²) in [6, 6.07) is 9.67. The van der Waals surface area contributed by atoms with Crippen molar-refractivity contribution < 1.29 is 5.11 Å². The molecule has 0 saturated heterocycles. The van der Waals surface area contributed by atoms with Crippen LogP contribution in [0.3, 0.4) is 0 Å². The second kappa shape index (κ2) is 5.20. The minimum Gasteiger partial charge on any atom is -0.298 e. The highest BCUT2D eigenvalue weighted by molar-refractivity contribution is 5.72. The molecule has 1 heteroatoms. The first-order valence-electron chi connectivity index (χ1n) is 4.42. The summed E-state index contributed by atoms with van der Waals surface area (Å²) < 4.78 is 0. The fourth-order valence-electron chi connectivity index (χ4n) is 1.08. The van der Waals surface area contributed by atoms with Gasteiger partial charge in [-0.2, -0.15) is 0 Å². The number of hydrogen-bond acceptors (Lipinski definition) is 0. The molecular weight excluding hydrogens is 160 g/mol. The summed E-state index contributed by atoms with van der Waals surface area (Å²) in [6.45, 7) is 2.05. The predicted molar refractivity (Wildman–Crippen MR) is 54.5 cm³/mol. The van der Waals surface area contributed by atoms with Crippen LogP contribution in [0.15, 0.2) is 48.7 Å². The van der Waals surface area contributed by atoms with Crippen molar-refractivity contribution in [1.29, 1.82) is 0 Å². The first kappa shape index (κ1) is 9.59. The molecule has 67 valence electrons. The van der Waals surface area contributed by atoms with Crippen molar-refractivity contribution in [3.8, 4) is 0 Å². The Morgan fingerprint density at radius 3 is 2.54 bits per heavy atom. The van der Waals surface area contributed by atoms with Gasteiger partial charge in [-0.25, -0.2) is 0 Å². The standard InChI is InChI=1S/C12H13O/c1-2-3-7-12(10-13)11-8-5-4-6-9-11/h3-10H,2H2,1H3/b7-3+,12-10-. The zero-order valence-corrected chi connectivity index (χ0v) is 7.73. The first-order chi connectivity index (χ1) is 6.38. The fourth-order valence-corrected chi connectivity index (χ4v) is 1.08. The number of hydrogen-bond donors (Lipinski definition) is 0. The monoisotopic (exact) mass is 173 g/mol. The van der Waals surface area contributed by atoms with Crippen LogP contribution in [0.4, 0.5) is 0 Å². The van der Waals surface area contributed by atoms with Crippen LogP contribution < -0.4 is 0 Å². The van der Waals surface area contributed by atoms with Crippen LogP contribution >= 0.6 is 0 Å². The zero-order chi connectivity index (χ0) is 9.52. The topological polar surface area (TPSA) is 19.9 Å². The summed E-state index contributed by atoms with van der Waals surface area (Å²) in [5.41, 5.74) is 1.71. The molecule has 1 nitrogen and oxygen atoms in total. The van der Waals surface area contributed by atoms with Crippen molar-refractivity contribution in [3.05, 3.63) is 54.3 Å². The molecule has 0 aromatic heterocycles. The first-order valence-corrected chi connectivity index (χ1v) is 4.42. The average Bonchev–Trinajstić information content (AvgIpc) is 2.21. The minimum atomic E-state index is 0.738.